The largest absolute Gasteiger partial charge is 0.241 e. The second-order valence-electron chi connectivity index (χ2n) is 4.54. The summed E-state index contributed by atoms with van der Waals surface area (Å²) in [6.07, 6.45) is 7.91. The molecule has 0 saturated carbocycles. The minimum atomic E-state index is 0.344. The van der Waals surface area contributed by atoms with Gasteiger partial charge in [-0.05, 0) is 19.8 Å². The number of nitrogens with zero attached hydrogens (tertiary/aromatic N) is 4. The van der Waals surface area contributed by atoms with Crippen molar-refractivity contribution in [2.75, 3.05) is 0 Å². The Labute approximate surface area is 112 Å². The predicted octanol–water partition coefficient (Wildman–Crippen LogP) is 3.29. The molecule has 0 spiro atoms. The van der Waals surface area contributed by atoms with Crippen molar-refractivity contribution in [3.05, 3.63) is 23.4 Å². The molecule has 0 aromatic carbocycles. The van der Waals surface area contributed by atoms with E-state index in [1.165, 1.54) is 31.2 Å². The second kappa shape index (κ2) is 6.14. The van der Waals surface area contributed by atoms with Gasteiger partial charge in [0, 0.05) is 11.8 Å². The van der Waals surface area contributed by atoms with Gasteiger partial charge in [-0.1, -0.05) is 26.2 Å². The van der Waals surface area contributed by atoms with Gasteiger partial charge >= 0.3 is 0 Å². The van der Waals surface area contributed by atoms with Crippen molar-refractivity contribution in [1.29, 1.82) is 0 Å². The second-order valence-corrected chi connectivity index (χ2v) is 4.81. The normalized spacial score (nSPS) is 11.3. The number of aromatic nitrogens is 4. The van der Waals surface area contributed by atoms with Gasteiger partial charge in [-0.25, -0.2) is 9.97 Å². The topological polar surface area (TPSA) is 43.1 Å². The highest BCUT2D eigenvalue weighted by Crippen LogP contribution is 2.14. The molecule has 2 heterocycles. The first-order chi connectivity index (χ1) is 8.76. The summed E-state index contributed by atoms with van der Waals surface area (Å²) in [6, 6.07) is 0. The molecular weight excluding hydrogens is 248 g/mol. The van der Waals surface area contributed by atoms with Crippen LogP contribution < -0.4 is 0 Å². The highest BCUT2D eigenvalue weighted by Gasteiger charge is 2.10. The molecule has 0 N–H and O–H groups in total. The minimum absolute atomic E-state index is 0.344. The number of halogens is 1. The Morgan fingerprint density at radius 1 is 1.28 bits per heavy atom. The van der Waals surface area contributed by atoms with Crippen molar-refractivity contribution >= 4 is 17.2 Å². The van der Waals surface area contributed by atoms with Gasteiger partial charge < -0.3 is 0 Å². The lowest BCUT2D eigenvalue weighted by atomic mass is 10.1. The van der Waals surface area contributed by atoms with E-state index < -0.39 is 0 Å². The van der Waals surface area contributed by atoms with Gasteiger partial charge in [-0.2, -0.15) is 4.52 Å². The lowest BCUT2D eigenvalue weighted by Crippen LogP contribution is -2.01. The number of hydrogen-bond acceptors (Lipinski definition) is 3. The summed E-state index contributed by atoms with van der Waals surface area (Å²) in [6.45, 7) is 4.15. The van der Waals surface area contributed by atoms with Gasteiger partial charge in [0.15, 0.2) is 11.5 Å². The molecule has 0 amide bonds. The SMILES string of the molecule is CCCCCCc1cnc(C)n2nc(CCl)nc12. The summed E-state index contributed by atoms with van der Waals surface area (Å²) in [4.78, 5) is 8.84. The molecule has 4 nitrogen and oxygen atoms in total. The highest BCUT2D eigenvalue weighted by molar-refractivity contribution is 6.16. The quantitative estimate of drug-likeness (QED) is 0.595. The molecule has 2 aromatic heterocycles. The molecule has 0 bridgehead atoms. The molecule has 0 atom stereocenters. The molecular formula is C13H19ClN4. The third-order valence-electron chi connectivity index (χ3n) is 3.07. The molecule has 2 rings (SSSR count). The summed E-state index contributed by atoms with van der Waals surface area (Å²) in [5.74, 6) is 1.87. The maximum absolute atomic E-state index is 5.79. The van der Waals surface area contributed by atoms with E-state index in [-0.39, 0.29) is 0 Å². The maximum Gasteiger partial charge on any atom is 0.166 e. The number of alkyl halides is 1. The highest BCUT2D eigenvalue weighted by atomic mass is 35.5. The van der Waals surface area contributed by atoms with Crippen molar-refractivity contribution in [2.45, 2.75) is 51.8 Å². The van der Waals surface area contributed by atoms with Gasteiger partial charge in [-0.15, -0.1) is 16.7 Å². The summed E-state index contributed by atoms with van der Waals surface area (Å²) < 4.78 is 1.80. The first kappa shape index (κ1) is 13.3. The van der Waals surface area contributed by atoms with E-state index in [2.05, 4.69) is 22.0 Å². The van der Waals surface area contributed by atoms with E-state index in [0.717, 1.165) is 17.9 Å². The van der Waals surface area contributed by atoms with Gasteiger partial charge in [0.2, 0.25) is 0 Å². The van der Waals surface area contributed by atoms with E-state index in [0.29, 0.717) is 11.7 Å². The van der Waals surface area contributed by atoms with Gasteiger partial charge in [0.05, 0.1) is 5.88 Å². The molecule has 0 saturated heterocycles. The molecule has 18 heavy (non-hydrogen) atoms. The van der Waals surface area contributed by atoms with Crippen LogP contribution in [0.15, 0.2) is 6.20 Å². The fourth-order valence-corrected chi connectivity index (χ4v) is 2.16. The van der Waals surface area contributed by atoms with Gasteiger partial charge in [-0.3, -0.25) is 0 Å². The van der Waals surface area contributed by atoms with Crippen LogP contribution in [-0.4, -0.2) is 19.6 Å². The molecule has 0 unspecified atom stereocenters. The van der Waals surface area contributed by atoms with Crippen molar-refractivity contribution in [2.24, 2.45) is 0 Å². The van der Waals surface area contributed by atoms with Crippen molar-refractivity contribution in [3.8, 4) is 0 Å². The smallest absolute Gasteiger partial charge is 0.166 e. The van der Waals surface area contributed by atoms with Crippen LogP contribution in [0, 0.1) is 6.92 Å². The van der Waals surface area contributed by atoms with Crippen LogP contribution in [0.1, 0.15) is 49.8 Å². The molecule has 5 heteroatoms. The van der Waals surface area contributed by atoms with Crippen molar-refractivity contribution in [1.82, 2.24) is 19.6 Å². The fourth-order valence-electron chi connectivity index (χ4n) is 2.05. The molecule has 0 aliphatic heterocycles. The summed E-state index contributed by atoms with van der Waals surface area (Å²) in [5.41, 5.74) is 2.08. The maximum atomic E-state index is 5.79. The molecule has 2 aromatic rings. The Hall–Kier alpha value is -1.16. The van der Waals surface area contributed by atoms with Crippen LogP contribution in [0.5, 0.6) is 0 Å². The molecule has 0 aliphatic rings. The van der Waals surface area contributed by atoms with Crippen LogP contribution in [0.25, 0.3) is 5.65 Å². The van der Waals surface area contributed by atoms with E-state index in [1.807, 2.05) is 13.1 Å². The summed E-state index contributed by atoms with van der Waals surface area (Å²) in [7, 11) is 0. The minimum Gasteiger partial charge on any atom is -0.241 e. The number of fused-ring (bicyclic) bond motifs is 1. The Balaban J connectivity index is 2.22. The fraction of sp³-hybridized carbons (Fsp3) is 0.615. The number of aryl methyl sites for hydroxylation is 2. The summed E-state index contributed by atoms with van der Waals surface area (Å²) in [5, 5.41) is 4.35. The van der Waals surface area contributed by atoms with E-state index in [9.17, 15) is 0 Å². The Bertz CT molecular complexity index is 521. The third-order valence-corrected chi connectivity index (χ3v) is 3.31. The number of unbranched alkanes of at least 4 members (excludes halogenated alkanes) is 3. The standard InChI is InChI=1S/C13H19ClN4/c1-3-4-5-6-7-11-9-15-10(2)18-13(11)16-12(8-14)17-18/h9H,3-8H2,1-2H3. The average molecular weight is 267 g/mol. The van der Waals surface area contributed by atoms with E-state index >= 15 is 0 Å². The van der Waals surface area contributed by atoms with Gasteiger partial charge in [0.1, 0.15) is 5.82 Å². The zero-order valence-electron chi connectivity index (χ0n) is 11.0. The van der Waals surface area contributed by atoms with Crippen molar-refractivity contribution in [3.63, 3.8) is 0 Å². The lowest BCUT2D eigenvalue weighted by Gasteiger charge is -2.04. The summed E-state index contributed by atoms with van der Waals surface area (Å²) >= 11 is 5.79. The Morgan fingerprint density at radius 2 is 2.11 bits per heavy atom. The Morgan fingerprint density at radius 3 is 2.83 bits per heavy atom. The first-order valence-corrected chi connectivity index (χ1v) is 7.05. The number of rotatable bonds is 6. The first-order valence-electron chi connectivity index (χ1n) is 6.52. The lowest BCUT2D eigenvalue weighted by molar-refractivity contribution is 0.664. The van der Waals surface area contributed by atoms with E-state index in [1.54, 1.807) is 4.52 Å². The zero-order chi connectivity index (χ0) is 13.0. The zero-order valence-corrected chi connectivity index (χ0v) is 11.7. The molecule has 0 fully saturated rings. The third kappa shape index (κ3) is 2.80. The van der Waals surface area contributed by atoms with Crippen molar-refractivity contribution < 1.29 is 0 Å². The van der Waals surface area contributed by atoms with Crippen LogP contribution in [-0.2, 0) is 12.3 Å². The monoisotopic (exact) mass is 266 g/mol. The predicted molar refractivity (Wildman–Crippen MR) is 72.9 cm³/mol. The van der Waals surface area contributed by atoms with E-state index in [4.69, 9.17) is 11.6 Å². The molecule has 0 radical (unpaired) electrons. The molecule has 98 valence electrons. The average Bonchev–Trinajstić information content (AvgIpc) is 2.82. The van der Waals surface area contributed by atoms with Crippen LogP contribution in [0.2, 0.25) is 0 Å². The van der Waals surface area contributed by atoms with Crippen LogP contribution >= 0.6 is 11.6 Å². The van der Waals surface area contributed by atoms with Gasteiger partial charge in [0.25, 0.3) is 0 Å². The Kier molecular flexibility index (Phi) is 4.53. The van der Waals surface area contributed by atoms with Crippen LogP contribution in [0.4, 0.5) is 0 Å². The number of hydrogen-bond donors (Lipinski definition) is 0. The molecule has 0 aliphatic carbocycles. The van der Waals surface area contributed by atoms with Crippen LogP contribution in [0.3, 0.4) is 0 Å².